The van der Waals surface area contributed by atoms with Crippen molar-refractivity contribution in [1.82, 2.24) is 4.90 Å². The lowest BCUT2D eigenvalue weighted by Gasteiger charge is -2.32. The summed E-state index contributed by atoms with van der Waals surface area (Å²) < 4.78 is 0. The fourth-order valence-corrected chi connectivity index (χ4v) is 3.15. The quantitative estimate of drug-likeness (QED) is 0.712. The van der Waals surface area contributed by atoms with Gasteiger partial charge in [0.15, 0.2) is 0 Å². The van der Waals surface area contributed by atoms with Crippen LogP contribution < -0.4 is 0 Å². The van der Waals surface area contributed by atoms with Crippen LogP contribution in [0.4, 0.5) is 0 Å². The average molecular weight is 269 g/mol. The summed E-state index contributed by atoms with van der Waals surface area (Å²) in [6, 6.07) is 14.9. The van der Waals surface area contributed by atoms with Crippen molar-refractivity contribution in [2.24, 2.45) is 5.92 Å². The van der Waals surface area contributed by atoms with E-state index in [1.807, 2.05) is 0 Å². The Hall–Kier alpha value is -1.41. The van der Waals surface area contributed by atoms with Crippen LogP contribution in [0.2, 0.25) is 0 Å². The standard InChI is InChI=1S/C17H19NS/c1-13-9-11-18(12-10-13)17(19)16-8-4-6-14-5-2-3-7-15(14)16/h2-8,13H,9-12H2,1H3. The van der Waals surface area contributed by atoms with E-state index < -0.39 is 0 Å². The van der Waals surface area contributed by atoms with Crippen LogP contribution in [-0.4, -0.2) is 23.0 Å². The molecule has 0 unspecified atom stereocenters. The largest absolute Gasteiger partial charge is 0.362 e. The van der Waals surface area contributed by atoms with Crippen molar-refractivity contribution in [1.29, 1.82) is 0 Å². The van der Waals surface area contributed by atoms with Gasteiger partial charge in [0.05, 0.1) is 0 Å². The molecule has 2 aromatic rings. The molecule has 1 aliphatic rings. The number of rotatable bonds is 1. The Bertz CT molecular complexity index is 592. The highest BCUT2D eigenvalue weighted by molar-refractivity contribution is 7.80. The predicted octanol–water partition coefficient (Wildman–Crippen LogP) is 4.25. The second kappa shape index (κ2) is 5.30. The van der Waals surface area contributed by atoms with Gasteiger partial charge >= 0.3 is 0 Å². The Labute approximate surface area is 120 Å². The van der Waals surface area contributed by atoms with Crippen LogP contribution in [0.15, 0.2) is 42.5 Å². The second-order valence-corrected chi connectivity index (χ2v) is 5.89. The van der Waals surface area contributed by atoms with Gasteiger partial charge in [-0.1, -0.05) is 61.6 Å². The minimum absolute atomic E-state index is 0.839. The molecule has 1 saturated heterocycles. The van der Waals surface area contributed by atoms with Crippen molar-refractivity contribution in [2.45, 2.75) is 19.8 Å². The number of likely N-dealkylation sites (tertiary alicyclic amines) is 1. The predicted molar refractivity (Wildman–Crippen MR) is 85.6 cm³/mol. The first-order chi connectivity index (χ1) is 9.25. The SMILES string of the molecule is CC1CCN(C(=S)c2cccc3ccccc23)CC1. The molecule has 19 heavy (non-hydrogen) atoms. The lowest BCUT2D eigenvalue weighted by molar-refractivity contribution is 0.284. The lowest BCUT2D eigenvalue weighted by atomic mass is 9.98. The molecular formula is C17H19NS. The summed E-state index contributed by atoms with van der Waals surface area (Å²) in [4.78, 5) is 3.39. The molecule has 0 N–H and O–H groups in total. The molecule has 0 saturated carbocycles. The number of fused-ring (bicyclic) bond motifs is 1. The molecule has 0 radical (unpaired) electrons. The van der Waals surface area contributed by atoms with Crippen molar-refractivity contribution >= 4 is 28.0 Å². The minimum Gasteiger partial charge on any atom is -0.362 e. The third kappa shape index (κ3) is 2.50. The van der Waals surface area contributed by atoms with E-state index in [0.29, 0.717) is 0 Å². The topological polar surface area (TPSA) is 3.24 Å². The molecule has 0 amide bonds. The van der Waals surface area contributed by atoms with Crippen LogP contribution in [0.1, 0.15) is 25.3 Å². The Kier molecular flexibility index (Phi) is 3.52. The van der Waals surface area contributed by atoms with Gasteiger partial charge in [-0.05, 0) is 29.5 Å². The van der Waals surface area contributed by atoms with Gasteiger partial charge in [-0.25, -0.2) is 0 Å². The van der Waals surface area contributed by atoms with E-state index in [-0.39, 0.29) is 0 Å². The number of hydrogen-bond donors (Lipinski definition) is 0. The molecule has 98 valence electrons. The second-order valence-electron chi connectivity index (χ2n) is 5.50. The summed E-state index contributed by atoms with van der Waals surface area (Å²) >= 11 is 5.73. The van der Waals surface area contributed by atoms with E-state index in [9.17, 15) is 0 Å². The summed E-state index contributed by atoms with van der Waals surface area (Å²) in [5.41, 5.74) is 1.21. The van der Waals surface area contributed by atoms with Crippen LogP contribution in [0.3, 0.4) is 0 Å². The fourth-order valence-electron chi connectivity index (χ4n) is 2.79. The van der Waals surface area contributed by atoms with E-state index in [1.165, 1.54) is 29.2 Å². The maximum absolute atomic E-state index is 5.73. The third-order valence-corrected chi connectivity index (χ3v) is 4.57. The van der Waals surface area contributed by atoms with Gasteiger partial charge in [-0.3, -0.25) is 0 Å². The highest BCUT2D eigenvalue weighted by atomic mass is 32.1. The zero-order chi connectivity index (χ0) is 13.2. The molecular weight excluding hydrogens is 250 g/mol. The molecule has 0 aromatic heterocycles. The van der Waals surface area contributed by atoms with Crippen molar-refractivity contribution in [3.63, 3.8) is 0 Å². The molecule has 2 heteroatoms. The number of hydrogen-bond acceptors (Lipinski definition) is 1. The summed E-state index contributed by atoms with van der Waals surface area (Å²) in [7, 11) is 0. The van der Waals surface area contributed by atoms with Crippen LogP contribution in [0.25, 0.3) is 10.8 Å². The zero-order valence-corrected chi connectivity index (χ0v) is 12.1. The summed E-state index contributed by atoms with van der Waals surface area (Å²) in [5.74, 6) is 0.839. The number of benzene rings is 2. The van der Waals surface area contributed by atoms with Crippen molar-refractivity contribution < 1.29 is 0 Å². The molecule has 1 aliphatic heterocycles. The highest BCUT2D eigenvalue weighted by Crippen LogP contribution is 2.23. The molecule has 2 aromatic carbocycles. The molecule has 1 heterocycles. The molecule has 3 rings (SSSR count). The summed E-state index contributed by atoms with van der Waals surface area (Å²) in [6.07, 6.45) is 2.51. The maximum Gasteiger partial charge on any atom is 0.109 e. The summed E-state index contributed by atoms with van der Waals surface area (Å²) in [6.45, 7) is 4.53. The Morgan fingerprint density at radius 1 is 1.05 bits per heavy atom. The van der Waals surface area contributed by atoms with Gasteiger partial charge in [0.25, 0.3) is 0 Å². The molecule has 0 spiro atoms. The summed E-state index contributed by atoms with van der Waals surface area (Å²) in [5, 5.41) is 2.54. The van der Waals surface area contributed by atoms with Crippen LogP contribution in [0.5, 0.6) is 0 Å². The molecule has 0 bridgehead atoms. The van der Waals surface area contributed by atoms with Crippen molar-refractivity contribution in [3.05, 3.63) is 48.0 Å². The van der Waals surface area contributed by atoms with E-state index in [1.54, 1.807) is 0 Å². The smallest absolute Gasteiger partial charge is 0.109 e. The third-order valence-electron chi connectivity index (χ3n) is 4.09. The monoisotopic (exact) mass is 269 g/mol. The van der Waals surface area contributed by atoms with E-state index in [4.69, 9.17) is 12.2 Å². The molecule has 1 nitrogen and oxygen atoms in total. The minimum atomic E-state index is 0.839. The highest BCUT2D eigenvalue weighted by Gasteiger charge is 2.19. The van der Waals surface area contributed by atoms with E-state index in [0.717, 1.165) is 24.0 Å². The molecule has 0 aliphatic carbocycles. The number of nitrogens with zero attached hydrogens (tertiary/aromatic N) is 1. The fraction of sp³-hybridized carbons (Fsp3) is 0.353. The Balaban J connectivity index is 1.93. The Morgan fingerprint density at radius 3 is 2.53 bits per heavy atom. The van der Waals surface area contributed by atoms with Gasteiger partial charge in [-0.2, -0.15) is 0 Å². The Morgan fingerprint density at radius 2 is 1.74 bits per heavy atom. The van der Waals surface area contributed by atoms with Crippen LogP contribution >= 0.6 is 12.2 Å². The first-order valence-corrected chi connectivity index (χ1v) is 7.43. The van der Waals surface area contributed by atoms with Gasteiger partial charge in [0, 0.05) is 18.7 Å². The zero-order valence-electron chi connectivity index (χ0n) is 11.3. The van der Waals surface area contributed by atoms with Crippen molar-refractivity contribution in [2.75, 3.05) is 13.1 Å². The average Bonchev–Trinajstić information content (AvgIpc) is 2.47. The maximum atomic E-state index is 5.73. The van der Waals surface area contributed by atoms with Crippen LogP contribution in [0, 0.1) is 5.92 Å². The van der Waals surface area contributed by atoms with E-state index in [2.05, 4.69) is 54.3 Å². The lowest BCUT2D eigenvalue weighted by Crippen LogP contribution is -2.37. The normalized spacial score (nSPS) is 16.8. The van der Waals surface area contributed by atoms with Gasteiger partial charge in [0.1, 0.15) is 4.99 Å². The van der Waals surface area contributed by atoms with Gasteiger partial charge in [-0.15, -0.1) is 0 Å². The molecule has 1 fully saturated rings. The van der Waals surface area contributed by atoms with Gasteiger partial charge in [0.2, 0.25) is 0 Å². The first kappa shape index (κ1) is 12.6. The van der Waals surface area contributed by atoms with Gasteiger partial charge < -0.3 is 4.90 Å². The van der Waals surface area contributed by atoms with Crippen LogP contribution in [-0.2, 0) is 0 Å². The van der Waals surface area contributed by atoms with Crippen molar-refractivity contribution in [3.8, 4) is 0 Å². The number of piperidine rings is 1. The first-order valence-electron chi connectivity index (χ1n) is 7.03. The molecule has 0 atom stereocenters. The number of thiocarbonyl (C=S) groups is 1. The van der Waals surface area contributed by atoms with E-state index >= 15 is 0 Å².